The molecule has 1 aromatic heterocycles. The van der Waals surface area contributed by atoms with Gasteiger partial charge in [0.15, 0.2) is 0 Å². The van der Waals surface area contributed by atoms with Gasteiger partial charge in [0.05, 0.1) is 18.1 Å². The van der Waals surface area contributed by atoms with Crippen LogP contribution in [0.3, 0.4) is 0 Å². The van der Waals surface area contributed by atoms with Gasteiger partial charge >= 0.3 is 6.03 Å². The van der Waals surface area contributed by atoms with Gasteiger partial charge in [-0.2, -0.15) is 0 Å². The van der Waals surface area contributed by atoms with Crippen LogP contribution < -0.4 is 10.6 Å². The molecule has 2 amide bonds. The molecule has 0 atom stereocenters. The summed E-state index contributed by atoms with van der Waals surface area (Å²) in [7, 11) is 0. The van der Waals surface area contributed by atoms with E-state index < -0.39 is 0 Å². The maximum absolute atomic E-state index is 11.3. The van der Waals surface area contributed by atoms with Crippen molar-refractivity contribution in [2.24, 2.45) is 0 Å². The lowest BCUT2D eigenvalue weighted by Crippen LogP contribution is -2.30. The molecule has 0 aromatic carbocycles. The van der Waals surface area contributed by atoms with Crippen LogP contribution in [0.5, 0.6) is 0 Å². The van der Waals surface area contributed by atoms with Crippen LogP contribution in [0.1, 0.15) is 19.2 Å². The van der Waals surface area contributed by atoms with E-state index >= 15 is 0 Å². The fourth-order valence-corrected chi connectivity index (χ4v) is 1.06. The lowest BCUT2D eigenvalue weighted by atomic mass is 10.4. The van der Waals surface area contributed by atoms with Crippen molar-refractivity contribution in [3.63, 3.8) is 0 Å². The summed E-state index contributed by atoms with van der Waals surface area (Å²) in [5, 5.41) is 13.7. The lowest BCUT2D eigenvalue weighted by molar-refractivity contribution is 0.249. The highest BCUT2D eigenvalue weighted by Gasteiger charge is 2.01. The summed E-state index contributed by atoms with van der Waals surface area (Å²) in [6.07, 6.45) is 4.44. The van der Waals surface area contributed by atoms with E-state index in [1.807, 2.05) is 6.92 Å². The van der Waals surface area contributed by atoms with Crippen LogP contribution in [0.15, 0.2) is 12.4 Å². The van der Waals surface area contributed by atoms with Crippen molar-refractivity contribution in [3.8, 4) is 0 Å². The summed E-state index contributed by atoms with van der Waals surface area (Å²) < 4.78 is 0. The third-order valence-corrected chi connectivity index (χ3v) is 1.90. The molecule has 0 radical (unpaired) electrons. The van der Waals surface area contributed by atoms with Gasteiger partial charge in [0.25, 0.3) is 0 Å². The Morgan fingerprint density at radius 3 is 2.69 bits per heavy atom. The molecule has 0 fully saturated rings. The fourth-order valence-electron chi connectivity index (χ4n) is 1.06. The number of nitrogens with zero attached hydrogens (tertiary/aromatic N) is 2. The predicted molar refractivity (Wildman–Crippen MR) is 60.1 cm³/mol. The van der Waals surface area contributed by atoms with Crippen LogP contribution in [0.2, 0.25) is 0 Å². The lowest BCUT2D eigenvalue weighted by Gasteiger charge is -2.06. The molecule has 0 aliphatic carbocycles. The molecule has 16 heavy (non-hydrogen) atoms. The van der Waals surface area contributed by atoms with Crippen molar-refractivity contribution in [1.29, 1.82) is 0 Å². The topological polar surface area (TPSA) is 87.1 Å². The summed E-state index contributed by atoms with van der Waals surface area (Å²) in [5.41, 5.74) is 0.554. The smallest absolute Gasteiger partial charge is 0.319 e. The summed E-state index contributed by atoms with van der Waals surface area (Å²) in [4.78, 5) is 19.4. The van der Waals surface area contributed by atoms with Gasteiger partial charge in [-0.25, -0.2) is 14.8 Å². The summed E-state index contributed by atoms with van der Waals surface area (Å²) >= 11 is 0. The number of aromatic nitrogens is 2. The molecule has 1 aromatic rings. The zero-order valence-corrected chi connectivity index (χ0v) is 9.23. The minimum atomic E-state index is -0.318. The van der Waals surface area contributed by atoms with Gasteiger partial charge in [-0.05, 0) is 6.42 Å². The van der Waals surface area contributed by atoms with E-state index in [2.05, 4.69) is 20.6 Å². The van der Waals surface area contributed by atoms with Crippen LogP contribution in [-0.4, -0.2) is 34.3 Å². The van der Waals surface area contributed by atoms with E-state index in [-0.39, 0.29) is 12.6 Å². The van der Waals surface area contributed by atoms with Crippen molar-refractivity contribution < 1.29 is 9.90 Å². The number of aliphatic hydroxyl groups is 1. The Bertz CT molecular complexity index is 326. The Kier molecular flexibility index (Phi) is 5.21. The number of hydrogen-bond acceptors (Lipinski definition) is 4. The number of rotatable bonds is 5. The molecule has 1 rings (SSSR count). The average molecular weight is 224 g/mol. The Labute approximate surface area is 94.1 Å². The number of urea groups is 1. The highest BCUT2D eigenvalue weighted by Crippen LogP contribution is 2.02. The number of anilines is 1. The average Bonchev–Trinajstić information content (AvgIpc) is 2.30. The van der Waals surface area contributed by atoms with Gasteiger partial charge in [0.2, 0.25) is 0 Å². The Morgan fingerprint density at radius 2 is 2.12 bits per heavy atom. The molecule has 0 unspecified atom stereocenters. The molecule has 0 saturated heterocycles. The number of amides is 2. The van der Waals surface area contributed by atoms with Crippen LogP contribution >= 0.6 is 0 Å². The molecule has 88 valence electrons. The van der Waals surface area contributed by atoms with Gasteiger partial charge < -0.3 is 15.7 Å². The molecule has 0 bridgehead atoms. The Hall–Kier alpha value is -1.69. The first-order valence-corrected chi connectivity index (χ1v) is 5.23. The largest absolute Gasteiger partial charge is 0.396 e. The minimum absolute atomic E-state index is 0.0641. The molecule has 1 heterocycles. The van der Waals surface area contributed by atoms with Crippen LogP contribution in [0.25, 0.3) is 0 Å². The van der Waals surface area contributed by atoms with E-state index in [0.717, 1.165) is 12.2 Å². The normalized spacial score (nSPS) is 9.88. The number of hydrogen-bond donors (Lipinski definition) is 3. The van der Waals surface area contributed by atoms with E-state index in [4.69, 9.17) is 5.11 Å². The third kappa shape index (κ3) is 4.22. The molecule has 0 saturated carbocycles. The minimum Gasteiger partial charge on any atom is -0.396 e. The molecular formula is C10H16N4O2. The molecule has 0 aliphatic heterocycles. The zero-order valence-electron chi connectivity index (χ0n) is 9.23. The van der Waals surface area contributed by atoms with Gasteiger partial charge in [-0.3, -0.25) is 0 Å². The fraction of sp³-hybridized carbons (Fsp3) is 0.500. The standard InChI is InChI=1S/C10H16N4O2/c1-2-9-12-6-8(7-13-9)14-10(16)11-4-3-5-15/h6-7,15H,2-5H2,1H3,(H2,11,14,16). The highest BCUT2D eigenvalue weighted by molar-refractivity contribution is 5.88. The molecule has 0 aliphatic rings. The maximum Gasteiger partial charge on any atom is 0.319 e. The van der Waals surface area contributed by atoms with E-state index in [9.17, 15) is 4.79 Å². The second-order valence-corrected chi connectivity index (χ2v) is 3.20. The van der Waals surface area contributed by atoms with E-state index in [0.29, 0.717) is 18.7 Å². The summed E-state index contributed by atoms with van der Waals surface area (Å²) in [6.45, 7) is 2.47. The molecular weight excluding hydrogens is 208 g/mol. The first-order chi connectivity index (χ1) is 7.76. The SMILES string of the molecule is CCc1ncc(NC(=O)NCCCO)cn1. The monoisotopic (exact) mass is 224 g/mol. The van der Waals surface area contributed by atoms with Gasteiger partial charge in [-0.15, -0.1) is 0 Å². The van der Waals surface area contributed by atoms with Crippen LogP contribution in [-0.2, 0) is 6.42 Å². The number of aryl methyl sites for hydroxylation is 1. The van der Waals surface area contributed by atoms with Gasteiger partial charge in [0.1, 0.15) is 5.82 Å². The number of aliphatic hydroxyl groups excluding tert-OH is 1. The van der Waals surface area contributed by atoms with Gasteiger partial charge in [0, 0.05) is 19.6 Å². The first-order valence-electron chi connectivity index (χ1n) is 5.23. The van der Waals surface area contributed by atoms with E-state index in [1.54, 1.807) is 12.4 Å². The Morgan fingerprint density at radius 1 is 1.44 bits per heavy atom. The molecule has 6 heteroatoms. The summed E-state index contributed by atoms with van der Waals surface area (Å²) in [5.74, 6) is 0.742. The van der Waals surface area contributed by atoms with Crippen LogP contribution in [0.4, 0.5) is 10.5 Å². The number of carbonyl (C=O) groups excluding carboxylic acids is 1. The predicted octanol–water partition coefficient (Wildman–Crippen LogP) is 0.543. The van der Waals surface area contributed by atoms with Crippen LogP contribution in [0, 0.1) is 0 Å². The van der Waals surface area contributed by atoms with Gasteiger partial charge in [-0.1, -0.05) is 6.92 Å². The number of carbonyl (C=O) groups is 1. The second kappa shape index (κ2) is 6.73. The quantitative estimate of drug-likeness (QED) is 0.637. The third-order valence-electron chi connectivity index (χ3n) is 1.90. The molecule has 6 nitrogen and oxygen atoms in total. The van der Waals surface area contributed by atoms with Crippen molar-refractivity contribution >= 4 is 11.7 Å². The molecule has 3 N–H and O–H groups in total. The maximum atomic E-state index is 11.3. The van der Waals surface area contributed by atoms with Crippen molar-refractivity contribution in [3.05, 3.63) is 18.2 Å². The molecule has 0 spiro atoms. The zero-order chi connectivity index (χ0) is 11.8. The van der Waals surface area contributed by atoms with Crippen molar-refractivity contribution in [1.82, 2.24) is 15.3 Å². The number of nitrogens with one attached hydrogen (secondary N) is 2. The highest BCUT2D eigenvalue weighted by atomic mass is 16.3. The Balaban J connectivity index is 2.37. The van der Waals surface area contributed by atoms with Crippen molar-refractivity contribution in [2.75, 3.05) is 18.5 Å². The first kappa shape index (κ1) is 12.4. The summed E-state index contributed by atoms with van der Waals surface area (Å²) in [6, 6.07) is -0.318. The van der Waals surface area contributed by atoms with Crippen molar-refractivity contribution in [2.45, 2.75) is 19.8 Å². The van der Waals surface area contributed by atoms with E-state index in [1.165, 1.54) is 0 Å². The second-order valence-electron chi connectivity index (χ2n) is 3.20.